The maximum atomic E-state index is 10.7. The van der Waals surface area contributed by atoms with Crippen molar-refractivity contribution in [2.75, 3.05) is 7.11 Å². The second-order valence-corrected chi connectivity index (χ2v) is 2.67. The summed E-state index contributed by atoms with van der Waals surface area (Å²) in [4.78, 5) is 10.7. The minimum Gasteiger partial charge on any atom is -0.469 e. The second-order valence-electron chi connectivity index (χ2n) is 2.67. The largest absolute Gasteiger partial charge is 0.469 e. The molecule has 0 spiro atoms. The smallest absolute Gasteiger partial charge is 0.305 e. The average Bonchev–Trinajstić information content (AvgIpc) is 1.88. The lowest BCUT2D eigenvalue weighted by Crippen LogP contribution is -2.06. The van der Waals surface area contributed by atoms with E-state index in [1.165, 1.54) is 7.11 Å². The second kappa shape index (κ2) is 5.27. The third-order valence-corrected chi connectivity index (χ3v) is 1.52. The van der Waals surface area contributed by atoms with Crippen molar-refractivity contribution in [1.82, 2.24) is 0 Å². The number of hydrogen-bond acceptors (Lipinski definition) is 2. The molecule has 2 heteroatoms. The van der Waals surface area contributed by atoms with Gasteiger partial charge in [0.05, 0.1) is 7.11 Å². The molecule has 0 aliphatic heterocycles. The van der Waals surface area contributed by atoms with E-state index in [1.807, 2.05) is 0 Å². The third-order valence-electron chi connectivity index (χ3n) is 1.52. The minimum atomic E-state index is -0.0963. The molecule has 0 aromatic carbocycles. The van der Waals surface area contributed by atoms with Crippen LogP contribution < -0.4 is 0 Å². The van der Waals surface area contributed by atoms with Gasteiger partial charge in [-0.25, -0.2) is 0 Å². The van der Waals surface area contributed by atoms with Crippen LogP contribution in [0.1, 0.15) is 33.1 Å². The Hall–Kier alpha value is -0.530. The van der Waals surface area contributed by atoms with E-state index in [2.05, 4.69) is 18.6 Å². The Morgan fingerprint density at radius 1 is 1.60 bits per heavy atom. The molecule has 0 radical (unpaired) electrons. The van der Waals surface area contributed by atoms with Crippen LogP contribution in [0.4, 0.5) is 0 Å². The molecule has 0 amide bonds. The maximum absolute atomic E-state index is 10.7. The first-order chi connectivity index (χ1) is 4.70. The SMILES string of the molecule is CCC[C@H](C)CC(=O)OC. The first-order valence-corrected chi connectivity index (χ1v) is 3.77. The van der Waals surface area contributed by atoms with Crippen molar-refractivity contribution in [3.05, 3.63) is 0 Å². The van der Waals surface area contributed by atoms with E-state index < -0.39 is 0 Å². The summed E-state index contributed by atoms with van der Waals surface area (Å²) in [6.45, 7) is 4.19. The molecule has 0 rings (SSSR count). The van der Waals surface area contributed by atoms with E-state index in [-0.39, 0.29) is 5.97 Å². The van der Waals surface area contributed by atoms with Crippen LogP contribution in [0.15, 0.2) is 0 Å². The zero-order valence-electron chi connectivity index (χ0n) is 7.02. The molecule has 0 unspecified atom stereocenters. The molecular weight excluding hydrogens is 128 g/mol. The number of hydrogen-bond donors (Lipinski definition) is 0. The number of rotatable bonds is 4. The van der Waals surface area contributed by atoms with E-state index >= 15 is 0 Å². The number of carbonyl (C=O) groups is 1. The van der Waals surface area contributed by atoms with E-state index in [1.54, 1.807) is 0 Å². The molecule has 0 heterocycles. The molecule has 10 heavy (non-hydrogen) atoms. The fourth-order valence-corrected chi connectivity index (χ4v) is 0.963. The molecular formula is C8H16O2. The van der Waals surface area contributed by atoms with Gasteiger partial charge < -0.3 is 4.74 Å². The van der Waals surface area contributed by atoms with Gasteiger partial charge in [-0.2, -0.15) is 0 Å². The Morgan fingerprint density at radius 3 is 2.60 bits per heavy atom. The Labute approximate surface area is 62.6 Å². The number of esters is 1. The molecule has 2 nitrogen and oxygen atoms in total. The van der Waals surface area contributed by atoms with Crippen LogP contribution in [-0.2, 0) is 9.53 Å². The monoisotopic (exact) mass is 144 g/mol. The van der Waals surface area contributed by atoms with Gasteiger partial charge in [-0.3, -0.25) is 4.79 Å². The highest BCUT2D eigenvalue weighted by Gasteiger charge is 2.06. The van der Waals surface area contributed by atoms with Crippen molar-refractivity contribution in [1.29, 1.82) is 0 Å². The highest BCUT2D eigenvalue weighted by atomic mass is 16.5. The first-order valence-electron chi connectivity index (χ1n) is 3.77. The van der Waals surface area contributed by atoms with Crippen molar-refractivity contribution in [2.24, 2.45) is 5.92 Å². The van der Waals surface area contributed by atoms with E-state index in [4.69, 9.17) is 0 Å². The summed E-state index contributed by atoms with van der Waals surface area (Å²) in [5.74, 6) is 0.374. The van der Waals surface area contributed by atoms with Crippen molar-refractivity contribution < 1.29 is 9.53 Å². The van der Waals surface area contributed by atoms with Gasteiger partial charge in [0, 0.05) is 6.42 Å². The number of ether oxygens (including phenoxy) is 1. The molecule has 0 aliphatic carbocycles. The minimum absolute atomic E-state index is 0.0963. The molecule has 0 saturated carbocycles. The van der Waals surface area contributed by atoms with Crippen molar-refractivity contribution in [2.45, 2.75) is 33.1 Å². The van der Waals surface area contributed by atoms with Crippen molar-refractivity contribution in [3.63, 3.8) is 0 Å². The van der Waals surface area contributed by atoms with Crippen LogP contribution >= 0.6 is 0 Å². The molecule has 1 atom stereocenters. The summed E-state index contributed by atoms with van der Waals surface area (Å²) in [5.41, 5.74) is 0. The normalized spacial score (nSPS) is 12.7. The predicted molar refractivity (Wildman–Crippen MR) is 40.7 cm³/mol. The van der Waals surface area contributed by atoms with E-state index in [0.717, 1.165) is 12.8 Å². The molecule has 0 bridgehead atoms. The van der Waals surface area contributed by atoms with Crippen LogP contribution in [0.3, 0.4) is 0 Å². The van der Waals surface area contributed by atoms with Crippen molar-refractivity contribution >= 4 is 5.97 Å². The zero-order chi connectivity index (χ0) is 7.98. The van der Waals surface area contributed by atoms with E-state index in [9.17, 15) is 4.79 Å². The van der Waals surface area contributed by atoms with Gasteiger partial charge in [0.1, 0.15) is 0 Å². The molecule has 0 aromatic heterocycles. The van der Waals surface area contributed by atoms with Gasteiger partial charge >= 0.3 is 5.97 Å². The van der Waals surface area contributed by atoms with Gasteiger partial charge in [-0.05, 0) is 5.92 Å². The fourth-order valence-electron chi connectivity index (χ4n) is 0.963. The molecule has 0 aromatic rings. The predicted octanol–water partition coefficient (Wildman–Crippen LogP) is 1.99. The van der Waals surface area contributed by atoms with Crippen LogP contribution in [-0.4, -0.2) is 13.1 Å². The molecule has 0 aliphatic rings. The van der Waals surface area contributed by atoms with Gasteiger partial charge in [-0.1, -0.05) is 26.7 Å². The lowest BCUT2D eigenvalue weighted by molar-refractivity contribution is -0.141. The van der Waals surface area contributed by atoms with Crippen LogP contribution in [0.2, 0.25) is 0 Å². The van der Waals surface area contributed by atoms with Gasteiger partial charge in [0.15, 0.2) is 0 Å². The van der Waals surface area contributed by atoms with Gasteiger partial charge in [0.25, 0.3) is 0 Å². The van der Waals surface area contributed by atoms with E-state index in [0.29, 0.717) is 12.3 Å². The standard InChI is InChI=1S/C8H16O2/c1-4-5-7(2)6-8(9)10-3/h7H,4-6H2,1-3H3/t7-/m0/s1. The maximum Gasteiger partial charge on any atom is 0.305 e. The Bertz CT molecular complexity index is 99.4. The third kappa shape index (κ3) is 4.36. The highest BCUT2D eigenvalue weighted by Crippen LogP contribution is 2.09. The zero-order valence-corrected chi connectivity index (χ0v) is 7.02. The van der Waals surface area contributed by atoms with Gasteiger partial charge in [0.2, 0.25) is 0 Å². The number of methoxy groups -OCH3 is 1. The number of carbonyl (C=O) groups excluding carboxylic acids is 1. The Balaban J connectivity index is 3.37. The van der Waals surface area contributed by atoms with Crippen LogP contribution in [0.25, 0.3) is 0 Å². The first kappa shape index (κ1) is 9.47. The molecule has 0 fully saturated rings. The molecule has 60 valence electrons. The summed E-state index contributed by atoms with van der Waals surface area (Å²) in [5, 5.41) is 0. The Kier molecular flexibility index (Phi) is 4.99. The lowest BCUT2D eigenvalue weighted by Gasteiger charge is -2.06. The van der Waals surface area contributed by atoms with Crippen molar-refractivity contribution in [3.8, 4) is 0 Å². The molecule has 0 saturated heterocycles. The summed E-state index contributed by atoms with van der Waals surface area (Å²) >= 11 is 0. The summed E-state index contributed by atoms with van der Waals surface area (Å²) in [7, 11) is 1.43. The lowest BCUT2D eigenvalue weighted by atomic mass is 10.0. The topological polar surface area (TPSA) is 26.3 Å². The van der Waals surface area contributed by atoms with Crippen LogP contribution in [0.5, 0.6) is 0 Å². The van der Waals surface area contributed by atoms with Crippen LogP contribution in [0, 0.1) is 5.92 Å². The molecule has 0 N–H and O–H groups in total. The Morgan fingerprint density at radius 2 is 2.20 bits per heavy atom. The average molecular weight is 144 g/mol. The van der Waals surface area contributed by atoms with Gasteiger partial charge in [-0.15, -0.1) is 0 Å². The summed E-state index contributed by atoms with van der Waals surface area (Å²) in [6, 6.07) is 0. The summed E-state index contributed by atoms with van der Waals surface area (Å²) < 4.78 is 4.53. The quantitative estimate of drug-likeness (QED) is 0.564. The fraction of sp³-hybridized carbons (Fsp3) is 0.875. The summed E-state index contributed by atoms with van der Waals surface area (Å²) in [6.07, 6.45) is 2.80. The highest BCUT2D eigenvalue weighted by molar-refractivity contribution is 5.69.